The summed E-state index contributed by atoms with van der Waals surface area (Å²) in [6.45, 7) is 2.05. The summed E-state index contributed by atoms with van der Waals surface area (Å²) >= 11 is 1.56. The minimum Gasteiger partial charge on any atom is -0.390 e. The minimum atomic E-state index is -0.592. The van der Waals surface area contributed by atoms with Crippen LogP contribution in [0.15, 0.2) is 35.2 Å². The normalized spacial score (nSPS) is 21.2. The zero-order valence-electron chi connectivity index (χ0n) is 13.9. The first-order valence-electron chi connectivity index (χ1n) is 8.41. The number of rotatable bonds is 6. The van der Waals surface area contributed by atoms with Crippen molar-refractivity contribution in [2.24, 2.45) is 0 Å². The number of aliphatic hydroxyl groups is 1. The molecule has 1 amide bonds. The number of hydrogen-bond donors (Lipinski definition) is 2. The van der Waals surface area contributed by atoms with Gasteiger partial charge >= 0.3 is 0 Å². The number of aliphatic hydroxyl groups excluding tert-OH is 1. The van der Waals surface area contributed by atoms with Crippen LogP contribution in [0.2, 0.25) is 0 Å². The first kappa shape index (κ1) is 18.0. The average Bonchev–Trinajstić information content (AvgIpc) is 3.09. The van der Waals surface area contributed by atoms with Crippen LogP contribution in [0.3, 0.4) is 0 Å². The Bertz CT molecular complexity index is 695. The molecule has 1 aromatic carbocycles. The van der Waals surface area contributed by atoms with Gasteiger partial charge in [-0.15, -0.1) is 11.3 Å². The molecule has 3 rings (SSSR count). The Kier molecular flexibility index (Phi) is 6.12. The molecule has 1 aromatic heterocycles. The second-order valence-electron chi connectivity index (χ2n) is 6.37. The fourth-order valence-corrected chi connectivity index (χ4v) is 3.63. The summed E-state index contributed by atoms with van der Waals surface area (Å²) in [6, 6.07) is 6.05. The second kappa shape index (κ2) is 8.51. The minimum absolute atomic E-state index is 0.110. The lowest BCUT2D eigenvalue weighted by Gasteiger charge is -2.36. The van der Waals surface area contributed by atoms with Gasteiger partial charge in [0.05, 0.1) is 23.4 Å². The lowest BCUT2D eigenvalue weighted by molar-refractivity contribution is -0.123. The van der Waals surface area contributed by atoms with E-state index in [1.165, 1.54) is 12.1 Å². The average molecular weight is 363 g/mol. The molecule has 5 nitrogen and oxygen atoms in total. The molecule has 0 saturated carbocycles. The van der Waals surface area contributed by atoms with Crippen LogP contribution in [-0.2, 0) is 17.8 Å². The maximum Gasteiger partial charge on any atom is 0.220 e. The summed E-state index contributed by atoms with van der Waals surface area (Å²) in [5.41, 5.74) is 3.61. The van der Waals surface area contributed by atoms with Crippen molar-refractivity contribution in [1.82, 2.24) is 15.2 Å². The van der Waals surface area contributed by atoms with E-state index in [2.05, 4.69) is 15.2 Å². The Balaban J connectivity index is 1.43. The second-order valence-corrected chi connectivity index (χ2v) is 7.09. The highest BCUT2D eigenvalue weighted by atomic mass is 32.1. The van der Waals surface area contributed by atoms with E-state index in [1.54, 1.807) is 22.9 Å². The molecule has 2 N–H and O–H groups in total. The quantitative estimate of drug-likeness (QED) is 0.824. The van der Waals surface area contributed by atoms with Crippen LogP contribution in [-0.4, -0.2) is 46.1 Å². The van der Waals surface area contributed by atoms with Crippen molar-refractivity contribution >= 4 is 17.2 Å². The molecule has 1 saturated heterocycles. The summed E-state index contributed by atoms with van der Waals surface area (Å²) in [5, 5.41) is 15.2. The standard InChI is InChI=1S/C18H22FN3O2S/c19-14-3-1-2-13(8-14)4-5-18(24)21-16-6-7-22(10-17(16)23)9-15-11-25-12-20-15/h1-3,8,11-12,16-17,23H,4-7,9-10H2,(H,21,24)/t16-,17-/m1/s1. The molecule has 2 heterocycles. The fourth-order valence-electron chi connectivity index (χ4n) is 3.08. The molecule has 0 unspecified atom stereocenters. The van der Waals surface area contributed by atoms with E-state index < -0.39 is 6.10 Å². The fraction of sp³-hybridized carbons (Fsp3) is 0.444. The van der Waals surface area contributed by atoms with Crippen LogP contribution in [0, 0.1) is 5.82 Å². The molecule has 7 heteroatoms. The predicted molar refractivity (Wildman–Crippen MR) is 94.7 cm³/mol. The van der Waals surface area contributed by atoms with Gasteiger partial charge in [0, 0.05) is 31.4 Å². The van der Waals surface area contributed by atoms with Crippen molar-refractivity contribution in [2.75, 3.05) is 13.1 Å². The van der Waals surface area contributed by atoms with E-state index in [-0.39, 0.29) is 24.2 Å². The third-order valence-electron chi connectivity index (χ3n) is 4.41. The van der Waals surface area contributed by atoms with Crippen molar-refractivity contribution < 1.29 is 14.3 Å². The SMILES string of the molecule is O=C(CCc1cccc(F)c1)N[C@@H]1CCN(Cc2cscn2)C[C@H]1O. The maximum absolute atomic E-state index is 13.1. The molecule has 2 atom stereocenters. The number of halogens is 1. The van der Waals surface area contributed by atoms with Gasteiger partial charge in [0.2, 0.25) is 5.91 Å². The number of likely N-dealkylation sites (tertiary alicyclic amines) is 1. The van der Waals surface area contributed by atoms with Crippen LogP contribution < -0.4 is 5.32 Å². The van der Waals surface area contributed by atoms with Gasteiger partial charge in [0.25, 0.3) is 0 Å². The Morgan fingerprint density at radius 3 is 3.08 bits per heavy atom. The number of piperidine rings is 1. The molecule has 25 heavy (non-hydrogen) atoms. The molecule has 2 aromatic rings. The lowest BCUT2D eigenvalue weighted by Crippen LogP contribution is -2.53. The third kappa shape index (κ3) is 5.32. The molecule has 0 radical (unpaired) electrons. The van der Waals surface area contributed by atoms with Crippen LogP contribution in [0.1, 0.15) is 24.1 Å². The molecule has 0 bridgehead atoms. The number of aryl methyl sites for hydroxylation is 1. The van der Waals surface area contributed by atoms with Gasteiger partial charge in [-0.1, -0.05) is 12.1 Å². The number of carbonyl (C=O) groups is 1. The molecule has 134 valence electrons. The number of thiazole rings is 1. The number of nitrogens with one attached hydrogen (secondary N) is 1. The Morgan fingerprint density at radius 2 is 2.36 bits per heavy atom. The van der Waals surface area contributed by atoms with Gasteiger partial charge in [-0.2, -0.15) is 0 Å². The largest absolute Gasteiger partial charge is 0.390 e. The van der Waals surface area contributed by atoms with E-state index >= 15 is 0 Å². The lowest BCUT2D eigenvalue weighted by atomic mass is 10.0. The van der Waals surface area contributed by atoms with Gasteiger partial charge in [0.15, 0.2) is 0 Å². The number of benzene rings is 1. The summed E-state index contributed by atoms with van der Waals surface area (Å²) in [4.78, 5) is 18.5. The first-order valence-corrected chi connectivity index (χ1v) is 9.36. The monoisotopic (exact) mass is 363 g/mol. The Morgan fingerprint density at radius 1 is 1.48 bits per heavy atom. The van der Waals surface area contributed by atoms with Gasteiger partial charge in [-0.3, -0.25) is 9.69 Å². The third-order valence-corrected chi connectivity index (χ3v) is 5.05. The highest BCUT2D eigenvalue weighted by Gasteiger charge is 2.28. The van der Waals surface area contributed by atoms with Crippen molar-refractivity contribution in [3.63, 3.8) is 0 Å². The highest BCUT2D eigenvalue weighted by Crippen LogP contribution is 2.15. The topological polar surface area (TPSA) is 65.5 Å². The molecular formula is C18H22FN3O2S. The molecule has 0 aliphatic carbocycles. The number of amides is 1. The number of β-amino-alcohol motifs (C(OH)–C–C–N with tert-alkyl or cyclic N) is 1. The molecule has 1 aliphatic heterocycles. The summed E-state index contributed by atoms with van der Waals surface area (Å²) < 4.78 is 13.1. The van der Waals surface area contributed by atoms with Crippen molar-refractivity contribution in [3.05, 3.63) is 52.2 Å². The van der Waals surface area contributed by atoms with Crippen molar-refractivity contribution in [3.8, 4) is 0 Å². The number of carbonyl (C=O) groups excluding carboxylic acids is 1. The van der Waals surface area contributed by atoms with E-state index in [9.17, 15) is 14.3 Å². The van der Waals surface area contributed by atoms with Crippen molar-refractivity contribution in [1.29, 1.82) is 0 Å². The highest BCUT2D eigenvalue weighted by molar-refractivity contribution is 7.07. The van der Waals surface area contributed by atoms with Gasteiger partial charge in [-0.05, 0) is 30.5 Å². The van der Waals surface area contributed by atoms with E-state index in [0.717, 1.165) is 24.3 Å². The number of nitrogens with zero attached hydrogens (tertiary/aromatic N) is 2. The number of aromatic nitrogens is 1. The van der Waals surface area contributed by atoms with Crippen LogP contribution in [0.25, 0.3) is 0 Å². The smallest absolute Gasteiger partial charge is 0.220 e. The molecule has 0 spiro atoms. The zero-order valence-corrected chi connectivity index (χ0v) is 14.7. The van der Waals surface area contributed by atoms with Gasteiger partial charge in [0.1, 0.15) is 5.82 Å². The zero-order chi connectivity index (χ0) is 17.6. The van der Waals surface area contributed by atoms with Crippen LogP contribution in [0.4, 0.5) is 4.39 Å². The number of hydrogen-bond acceptors (Lipinski definition) is 5. The molecule has 1 aliphatic rings. The summed E-state index contributed by atoms with van der Waals surface area (Å²) in [6.07, 6.45) is 0.889. The maximum atomic E-state index is 13.1. The first-order chi connectivity index (χ1) is 12.1. The van der Waals surface area contributed by atoms with Crippen LogP contribution >= 0.6 is 11.3 Å². The van der Waals surface area contributed by atoms with E-state index in [4.69, 9.17) is 0 Å². The van der Waals surface area contributed by atoms with Crippen LogP contribution in [0.5, 0.6) is 0 Å². The molecule has 1 fully saturated rings. The van der Waals surface area contributed by atoms with Crippen molar-refractivity contribution in [2.45, 2.75) is 38.0 Å². The summed E-state index contributed by atoms with van der Waals surface area (Å²) in [5.74, 6) is -0.401. The van der Waals surface area contributed by atoms with Gasteiger partial charge < -0.3 is 10.4 Å². The van der Waals surface area contributed by atoms with E-state index in [0.29, 0.717) is 19.4 Å². The Hall–Kier alpha value is -1.83. The summed E-state index contributed by atoms with van der Waals surface area (Å²) in [7, 11) is 0. The predicted octanol–water partition coefficient (Wildman–Crippen LogP) is 1.97. The molecular weight excluding hydrogens is 341 g/mol. The van der Waals surface area contributed by atoms with E-state index in [1.807, 2.05) is 11.4 Å². The Labute approximate surface area is 150 Å². The van der Waals surface area contributed by atoms with Gasteiger partial charge in [-0.25, -0.2) is 9.37 Å².